The summed E-state index contributed by atoms with van der Waals surface area (Å²) in [5, 5.41) is 32.0. The van der Waals surface area contributed by atoms with Gasteiger partial charge < -0.3 is 20.8 Å². The lowest BCUT2D eigenvalue weighted by Crippen LogP contribution is -2.45. The summed E-state index contributed by atoms with van der Waals surface area (Å²) in [6.45, 7) is 6.49. The first-order chi connectivity index (χ1) is 9.14. The van der Waals surface area contributed by atoms with Gasteiger partial charge in [-0.1, -0.05) is 13.8 Å². The van der Waals surface area contributed by atoms with Crippen molar-refractivity contribution in [3.63, 3.8) is 0 Å². The summed E-state index contributed by atoms with van der Waals surface area (Å²) in [5.74, 6) is -2.23. The van der Waals surface area contributed by atoms with Gasteiger partial charge in [-0.15, -0.1) is 0 Å². The average molecular weight is 283 g/mol. The summed E-state index contributed by atoms with van der Waals surface area (Å²) in [7, 11) is 0. The van der Waals surface area contributed by atoms with E-state index in [1.165, 1.54) is 6.20 Å². The van der Waals surface area contributed by atoms with E-state index in [1.54, 1.807) is 33.8 Å². The molecule has 4 N–H and O–H groups in total. The van der Waals surface area contributed by atoms with Gasteiger partial charge in [-0.05, 0) is 19.8 Å². The Morgan fingerprint density at radius 2 is 1.95 bits per heavy atom. The molecule has 0 aliphatic heterocycles. The van der Waals surface area contributed by atoms with Crippen LogP contribution in [-0.4, -0.2) is 40.3 Å². The molecular formula is C13H21N3O4. The van der Waals surface area contributed by atoms with Crippen LogP contribution in [0.1, 0.15) is 27.7 Å². The molecule has 0 saturated carbocycles. The van der Waals surface area contributed by atoms with E-state index in [0.29, 0.717) is 0 Å². The second-order valence-electron chi connectivity index (χ2n) is 5.39. The zero-order valence-corrected chi connectivity index (χ0v) is 12.1. The van der Waals surface area contributed by atoms with E-state index in [0.717, 1.165) is 0 Å². The van der Waals surface area contributed by atoms with E-state index in [2.05, 4.69) is 10.6 Å². The minimum Gasteiger partial charge on any atom is -0.480 e. The van der Waals surface area contributed by atoms with Gasteiger partial charge in [0.15, 0.2) is 0 Å². The number of carboxylic acids is 1. The number of nitrogens with one attached hydrogen (secondary N) is 2. The Morgan fingerprint density at radius 1 is 1.40 bits per heavy atom. The third-order valence-electron chi connectivity index (χ3n) is 2.59. The number of aliphatic hydroxyl groups is 1. The Hall–Kier alpha value is -2.07. The smallest absolute Gasteiger partial charge is 0.326 e. The largest absolute Gasteiger partial charge is 0.480 e. The highest BCUT2D eigenvalue weighted by Gasteiger charge is 2.25. The highest BCUT2D eigenvalue weighted by Crippen LogP contribution is 2.05. The number of nitriles is 1. The predicted octanol–water partition coefficient (Wildman–Crippen LogP) is -0.0202. The number of aliphatic carboxylic acids is 1. The normalized spacial score (nSPS) is 13.6. The van der Waals surface area contributed by atoms with Crippen LogP contribution in [0.4, 0.5) is 0 Å². The van der Waals surface area contributed by atoms with Gasteiger partial charge in [-0.3, -0.25) is 4.79 Å². The number of aliphatic hydroxyl groups excluding tert-OH is 1. The average Bonchev–Trinajstić information content (AvgIpc) is 2.35. The minimum atomic E-state index is -1.16. The van der Waals surface area contributed by atoms with Crippen LogP contribution in [0.25, 0.3) is 0 Å². The van der Waals surface area contributed by atoms with E-state index in [1.807, 2.05) is 0 Å². The molecule has 0 aliphatic carbocycles. The van der Waals surface area contributed by atoms with E-state index < -0.39 is 23.5 Å². The van der Waals surface area contributed by atoms with Crippen molar-refractivity contribution in [2.45, 2.75) is 39.3 Å². The second kappa shape index (κ2) is 7.50. The Labute approximate surface area is 118 Å². The highest BCUT2D eigenvalue weighted by molar-refractivity contribution is 5.99. The van der Waals surface area contributed by atoms with Crippen molar-refractivity contribution in [3.8, 4) is 6.07 Å². The number of carbonyl (C=O) groups is 2. The van der Waals surface area contributed by atoms with Crippen LogP contribution >= 0.6 is 0 Å². The molecule has 0 bridgehead atoms. The fourth-order valence-electron chi connectivity index (χ4n) is 1.19. The van der Waals surface area contributed by atoms with Crippen LogP contribution in [0.5, 0.6) is 0 Å². The first-order valence-corrected chi connectivity index (χ1v) is 6.17. The summed E-state index contributed by atoms with van der Waals surface area (Å²) in [6.07, 6.45) is 1.17. The van der Waals surface area contributed by atoms with Crippen LogP contribution in [0, 0.1) is 17.2 Å². The number of hydrogen-bond acceptors (Lipinski definition) is 5. The number of carbonyl (C=O) groups excluding carboxylic acids is 1. The summed E-state index contributed by atoms with van der Waals surface area (Å²) in [6, 6.07) is 0.629. The Balaban J connectivity index is 4.92. The lowest BCUT2D eigenvalue weighted by atomic mass is 10.0. The Kier molecular flexibility index (Phi) is 6.73. The molecule has 0 radical (unpaired) electrons. The summed E-state index contributed by atoms with van der Waals surface area (Å²) >= 11 is 0. The van der Waals surface area contributed by atoms with Gasteiger partial charge in [-0.25, -0.2) is 4.79 Å². The maximum Gasteiger partial charge on any atom is 0.326 e. The zero-order valence-electron chi connectivity index (χ0n) is 12.1. The summed E-state index contributed by atoms with van der Waals surface area (Å²) < 4.78 is 0. The summed E-state index contributed by atoms with van der Waals surface area (Å²) in [5.41, 5.74) is -0.939. The molecule has 112 valence electrons. The maximum atomic E-state index is 11.8. The number of hydrogen-bond donors (Lipinski definition) is 4. The van der Waals surface area contributed by atoms with Crippen LogP contribution < -0.4 is 10.6 Å². The van der Waals surface area contributed by atoms with Gasteiger partial charge in [0.1, 0.15) is 17.7 Å². The lowest BCUT2D eigenvalue weighted by molar-refractivity contribution is -0.142. The first-order valence-electron chi connectivity index (χ1n) is 6.17. The first kappa shape index (κ1) is 17.9. The van der Waals surface area contributed by atoms with Crippen molar-refractivity contribution in [3.05, 3.63) is 11.8 Å². The van der Waals surface area contributed by atoms with E-state index in [-0.39, 0.29) is 18.1 Å². The molecule has 1 atom stereocenters. The van der Waals surface area contributed by atoms with Crippen molar-refractivity contribution >= 4 is 11.9 Å². The molecule has 1 amide bonds. The number of carboxylic acid groups (broad SMARTS) is 1. The van der Waals surface area contributed by atoms with Gasteiger partial charge >= 0.3 is 5.97 Å². The molecule has 7 nitrogen and oxygen atoms in total. The molecule has 0 aromatic carbocycles. The van der Waals surface area contributed by atoms with Gasteiger partial charge in [0, 0.05) is 6.20 Å². The Bertz CT molecular complexity index is 435. The quantitative estimate of drug-likeness (QED) is 0.385. The molecule has 0 aromatic heterocycles. The maximum absolute atomic E-state index is 11.8. The monoisotopic (exact) mass is 283 g/mol. The second-order valence-corrected chi connectivity index (χ2v) is 5.39. The molecule has 0 spiro atoms. The molecule has 7 heteroatoms. The standard InChI is InChI=1S/C13H21N3O4/c1-8(2)10(12(19)20)16-11(18)9(5-14)6-15-13(3,4)7-17/h6,8,10,15,17H,7H2,1-4H3,(H,16,18)(H,19,20)/b9-6-. The topological polar surface area (TPSA) is 122 Å². The fourth-order valence-corrected chi connectivity index (χ4v) is 1.19. The lowest BCUT2D eigenvalue weighted by Gasteiger charge is -2.22. The molecule has 0 heterocycles. The molecule has 1 unspecified atom stereocenters. The van der Waals surface area contributed by atoms with Crippen molar-refractivity contribution in [2.75, 3.05) is 6.61 Å². The van der Waals surface area contributed by atoms with Crippen LogP contribution in [0.3, 0.4) is 0 Å². The molecule has 0 saturated heterocycles. The summed E-state index contributed by atoms with van der Waals surface area (Å²) in [4.78, 5) is 22.8. The highest BCUT2D eigenvalue weighted by atomic mass is 16.4. The van der Waals surface area contributed by atoms with Gasteiger partial charge in [-0.2, -0.15) is 5.26 Å². The molecule has 0 aromatic rings. The van der Waals surface area contributed by atoms with Crippen molar-refractivity contribution in [1.82, 2.24) is 10.6 Å². The Morgan fingerprint density at radius 3 is 2.30 bits per heavy atom. The van der Waals surface area contributed by atoms with E-state index >= 15 is 0 Å². The van der Waals surface area contributed by atoms with Crippen LogP contribution in [-0.2, 0) is 9.59 Å². The molecule has 0 fully saturated rings. The fraction of sp³-hybridized carbons (Fsp3) is 0.615. The third kappa shape index (κ3) is 5.71. The van der Waals surface area contributed by atoms with Gasteiger partial charge in [0.25, 0.3) is 5.91 Å². The molecule has 0 rings (SSSR count). The van der Waals surface area contributed by atoms with E-state index in [9.17, 15) is 9.59 Å². The number of rotatable bonds is 7. The van der Waals surface area contributed by atoms with Crippen LogP contribution in [0.2, 0.25) is 0 Å². The van der Waals surface area contributed by atoms with Crippen LogP contribution in [0.15, 0.2) is 11.8 Å². The third-order valence-corrected chi connectivity index (χ3v) is 2.59. The number of amides is 1. The van der Waals surface area contributed by atoms with Crippen molar-refractivity contribution < 1.29 is 19.8 Å². The molecular weight excluding hydrogens is 262 g/mol. The number of nitrogens with zero attached hydrogens (tertiary/aromatic N) is 1. The van der Waals surface area contributed by atoms with Gasteiger partial charge in [0.05, 0.1) is 12.1 Å². The predicted molar refractivity (Wildman–Crippen MR) is 72.4 cm³/mol. The minimum absolute atomic E-state index is 0.187. The van der Waals surface area contributed by atoms with Crippen molar-refractivity contribution in [1.29, 1.82) is 5.26 Å². The zero-order chi connectivity index (χ0) is 15.9. The van der Waals surface area contributed by atoms with Crippen molar-refractivity contribution in [2.24, 2.45) is 5.92 Å². The molecule has 0 aliphatic rings. The van der Waals surface area contributed by atoms with E-state index in [4.69, 9.17) is 15.5 Å². The molecule has 20 heavy (non-hydrogen) atoms. The SMILES string of the molecule is CC(C)C(NC(=O)/C(C#N)=C\NC(C)(C)CO)C(=O)O. The van der Waals surface area contributed by atoms with Gasteiger partial charge in [0.2, 0.25) is 0 Å².